The van der Waals surface area contributed by atoms with Crippen LogP contribution in [0.1, 0.15) is 0 Å². The van der Waals surface area contributed by atoms with Crippen LogP contribution in [0.2, 0.25) is 0 Å². The lowest BCUT2D eigenvalue weighted by Gasteiger charge is -2.10. The van der Waals surface area contributed by atoms with Crippen molar-refractivity contribution in [2.24, 2.45) is 0 Å². The zero-order valence-corrected chi connectivity index (χ0v) is 13.1. The van der Waals surface area contributed by atoms with Gasteiger partial charge in [-0.15, -0.1) is 0 Å². The van der Waals surface area contributed by atoms with Gasteiger partial charge < -0.3 is 5.32 Å². The van der Waals surface area contributed by atoms with Gasteiger partial charge in [-0.3, -0.25) is 0 Å². The van der Waals surface area contributed by atoms with Crippen LogP contribution in [0.15, 0.2) is 63.7 Å². The van der Waals surface area contributed by atoms with Gasteiger partial charge in [0.05, 0.1) is 0 Å². The number of hydrogen-bond donors (Lipinski definition) is 1. The Balaban J connectivity index is 2.09. The van der Waals surface area contributed by atoms with E-state index >= 15 is 0 Å². The fourth-order valence-electron chi connectivity index (χ4n) is 1.99. The molecule has 1 heterocycles. The first-order valence-electron chi connectivity index (χ1n) is 5.81. The molecule has 0 aliphatic rings. The topological polar surface area (TPSA) is 24.9 Å². The summed E-state index contributed by atoms with van der Waals surface area (Å²) in [6.45, 7) is 0. The number of rotatable bonds is 2. The van der Waals surface area contributed by atoms with Crippen LogP contribution < -0.4 is 5.32 Å². The van der Waals surface area contributed by atoms with Crippen molar-refractivity contribution in [2.75, 3.05) is 5.32 Å². The van der Waals surface area contributed by atoms with Crippen LogP contribution >= 0.6 is 31.9 Å². The number of hydrogen-bond acceptors (Lipinski definition) is 2. The van der Waals surface area contributed by atoms with Gasteiger partial charge in [0.1, 0.15) is 10.4 Å². The van der Waals surface area contributed by atoms with Gasteiger partial charge >= 0.3 is 0 Å². The maximum Gasteiger partial charge on any atom is 0.131 e. The Hall–Kier alpha value is -1.39. The van der Waals surface area contributed by atoms with E-state index < -0.39 is 0 Å². The Morgan fingerprint density at radius 3 is 2.37 bits per heavy atom. The molecule has 0 aliphatic carbocycles. The number of fused-ring (bicyclic) bond motifs is 1. The van der Waals surface area contributed by atoms with E-state index in [1.807, 2.05) is 36.4 Å². The van der Waals surface area contributed by atoms with E-state index in [-0.39, 0.29) is 0 Å². The van der Waals surface area contributed by atoms with Crippen LogP contribution in [0.25, 0.3) is 10.8 Å². The van der Waals surface area contributed by atoms with Crippen LogP contribution in [0, 0.1) is 0 Å². The summed E-state index contributed by atoms with van der Waals surface area (Å²) in [7, 11) is 0. The lowest BCUT2D eigenvalue weighted by molar-refractivity contribution is 1.27. The van der Waals surface area contributed by atoms with Crippen molar-refractivity contribution in [3.8, 4) is 0 Å². The first-order chi connectivity index (χ1) is 9.24. The average molecular weight is 378 g/mol. The van der Waals surface area contributed by atoms with Gasteiger partial charge in [-0.05, 0) is 45.6 Å². The van der Waals surface area contributed by atoms with Crippen LogP contribution in [0.3, 0.4) is 0 Å². The number of nitrogens with one attached hydrogen (secondary N) is 1. The van der Waals surface area contributed by atoms with Crippen LogP contribution in [-0.4, -0.2) is 4.98 Å². The highest BCUT2D eigenvalue weighted by molar-refractivity contribution is 9.10. The highest BCUT2D eigenvalue weighted by Crippen LogP contribution is 2.31. The molecule has 2 nitrogen and oxygen atoms in total. The number of pyridine rings is 1. The molecule has 0 bridgehead atoms. The summed E-state index contributed by atoms with van der Waals surface area (Å²) in [5, 5.41) is 5.70. The summed E-state index contributed by atoms with van der Waals surface area (Å²) in [6.07, 6.45) is 0. The molecule has 0 atom stereocenters. The predicted molar refractivity (Wildman–Crippen MR) is 86.9 cm³/mol. The minimum Gasteiger partial charge on any atom is -0.340 e. The molecule has 0 fully saturated rings. The second-order valence-electron chi connectivity index (χ2n) is 4.11. The third kappa shape index (κ3) is 2.65. The second kappa shape index (κ2) is 5.31. The van der Waals surface area contributed by atoms with Gasteiger partial charge in [-0.25, -0.2) is 4.98 Å². The van der Waals surface area contributed by atoms with Gasteiger partial charge in [-0.2, -0.15) is 0 Å². The number of anilines is 2. The standard InChI is InChI=1S/C15H10Br2N2/c16-12-8-9-13(11-5-2-1-4-10(11)12)18-15-7-3-6-14(17)19-15/h1-9H,(H,18,19). The number of aromatic nitrogens is 1. The molecule has 2 aromatic carbocycles. The van der Waals surface area contributed by atoms with Crippen LogP contribution in [0.4, 0.5) is 11.5 Å². The first-order valence-corrected chi connectivity index (χ1v) is 7.39. The summed E-state index contributed by atoms with van der Waals surface area (Å²) in [6, 6.07) is 18.2. The van der Waals surface area contributed by atoms with Crippen molar-refractivity contribution in [1.82, 2.24) is 4.98 Å². The lowest BCUT2D eigenvalue weighted by atomic mass is 10.1. The normalized spacial score (nSPS) is 10.6. The molecular formula is C15H10Br2N2. The van der Waals surface area contributed by atoms with Crippen molar-refractivity contribution in [3.05, 3.63) is 63.7 Å². The maximum absolute atomic E-state index is 4.39. The molecule has 0 unspecified atom stereocenters. The largest absolute Gasteiger partial charge is 0.340 e. The van der Waals surface area contributed by atoms with Gasteiger partial charge in [0.2, 0.25) is 0 Å². The van der Waals surface area contributed by atoms with E-state index in [4.69, 9.17) is 0 Å². The molecule has 0 saturated carbocycles. The Kier molecular flexibility index (Phi) is 3.53. The molecule has 0 aliphatic heterocycles. The number of nitrogens with zero attached hydrogens (tertiary/aromatic N) is 1. The second-order valence-corrected chi connectivity index (χ2v) is 5.78. The smallest absolute Gasteiger partial charge is 0.131 e. The summed E-state index contributed by atoms with van der Waals surface area (Å²) >= 11 is 6.96. The molecule has 94 valence electrons. The monoisotopic (exact) mass is 376 g/mol. The summed E-state index contributed by atoms with van der Waals surface area (Å²) in [5.41, 5.74) is 1.05. The van der Waals surface area contributed by atoms with E-state index in [0.717, 1.165) is 20.6 Å². The van der Waals surface area contributed by atoms with Gasteiger partial charge in [0.25, 0.3) is 0 Å². The van der Waals surface area contributed by atoms with E-state index in [1.54, 1.807) is 0 Å². The van der Waals surface area contributed by atoms with Crippen molar-refractivity contribution >= 4 is 54.1 Å². The Morgan fingerprint density at radius 1 is 0.789 bits per heavy atom. The van der Waals surface area contributed by atoms with Crippen molar-refractivity contribution < 1.29 is 0 Å². The fourth-order valence-corrected chi connectivity index (χ4v) is 2.81. The molecule has 1 aromatic heterocycles. The number of halogens is 2. The van der Waals surface area contributed by atoms with Crippen LogP contribution in [0.5, 0.6) is 0 Å². The zero-order valence-electron chi connectivity index (χ0n) is 9.90. The minimum absolute atomic E-state index is 0.818. The lowest BCUT2D eigenvalue weighted by Crippen LogP contribution is -1.94. The Morgan fingerprint density at radius 2 is 1.58 bits per heavy atom. The van der Waals surface area contributed by atoms with E-state index in [0.29, 0.717) is 0 Å². The van der Waals surface area contributed by atoms with Gasteiger partial charge in [0, 0.05) is 15.5 Å². The molecule has 0 radical (unpaired) electrons. The maximum atomic E-state index is 4.39. The zero-order chi connectivity index (χ0) is 13.2. The third-order valence-corrected chi connectivity index (χ3v) is 3.98. The minimum atomic E-state index is 0.818. The average Bonchev–Trinajstić information content (AvgIpc) is 2.42. The molecule has 0 saturated heterocycles. The molecular weight excluding hydrogens is 368 g/mol. The van der Waals surface area contributed by atoms with Gasteiger partial charge in [0.15, 0.2) is 0 Å². The van der Waals surface area contributed by atoms with Crippen LogP contribution in [-0.2, 0) is 0 Å². The molecule has 19 heavy (non-hydrogen) atoms. The summed E-state index contributed by atoms with van der Waals surface area (Å²) in [5.74, 6) is 0.821. The number of benzene rings is 2. The summed E-state index contributed by atoms with van der Waals surface area (Å²) < 4.78 is 1.91. The van der Waals surface area contributed by atoms with Crippen molar-refractivity contribution in [3.63, 3.8) is 0 Å². The van der Waals surface area contributed by atoms with Gasteiger partial charge in [-0.1, -0.05) is 46.3 Å². The van der Waals surface area contributed by atoms with Crippen molar-refractivity contribution in [1.29, 1.82) is 0 Å². The fraction of sp³-hybridized carbons (Fsp3) is 0. The molecule has 3 aromatic rings. The predicted octanol–water partition coefficient (Wildman–Crippen LogP) is 5.50. The Labute approximate surface area is 128 Å². The molecule has 0 amide bonds. The molecule has 1 N–H and O–H groups in total. The van der Waals surface area contributed by atoms with E-state index in [9.17, 15) is 0 Å². The quantitative estimate of drug-likeness (QED) is 0.596. The molecule has 0 spiro atoms. The highest BCUT2D eigenvalue weighted by atomic mass is 79.9. The van der Waals surface area contributed by atoms with Crippen molar-refractivity contribution in [2.45, 2.75) is 0 Å². The third-order valence-electron chi connectivity index (χ3n) is 2.85. The van der Waals surface area contributed by atoms with E-state index in [1.165, 1.54) is 10.8 Å². The molecule has 3 rings (SSSR count). The SMILES string of the molecule is Brc1cccc(Nc2ccc(Br)c3ccccc23)n1. The summed E-state index contributed by atoms with van der Waals surface area (Å²) in [4.78, 5) is 4.39. The molecule has 4 heteroatoms. The van der Waals surface area contributed by atoms with E-state index in [2.05, 4.69) is 60.4 Å². The highest BCUT2D eigenvalue weighted by Gasteiger charge is 2.04. The Bertz CT molecular complexity index is 741. The first kappa shape index (κ1) is 12.6.